The number of pyridine rings is 1. The number of hydrogen-bond acceptors (Lipinski definition) is 3. The fraction of sp³-hybridized carbons (Fsp3) is 0.312. The molecule has 0 saturated carbocycles. The van der Waals surface area contributed by atoms with Crippen LogP contribution < -0.4 is 10.6 Å². The first-order valence-electron chi connectivity index (χ1n) is 6.96. The van der Waals surface area contributed by atoms with Crippen molar-refractivity contribution in [1.29, 1.82) is 0 Å². The molecular weight excluding hydrogens is 266 g/mol. The van der Waals surface area contributed by atoms with Gasteiger partial charge in [-0.2, -0.15) is 0 Å². The highest BCUT2D eigenvalue weighted by Crippen LogP contribution is 2.21. The number of amides is 2. The Morgan fingerprint density at radius 2 is 2.05 bits per heavy atom. The van der Waals surface area contributed by atoms with Gasteiger partial charge < -0.3 is 10.6 Å². The summed E-state index contributed by atoms with van der Waals surface area (Å²) in [6.07, 6.45) is 3.30. The number of carbonyl (C=O) groups is 2. The molecule has 1 aromatic carbocycles. The van der Waals surface area contributed by atoms with Gasteiger partial charge in [0.25, 0.3) is 5.91 Å². The summed E-state index contributed by atoms with van der Waals surface area (Å²) in [4.78, 5) is 27.1. The van der Waals surface area contributed by atoms with E-state index in [0.29, 0.717) is 12.1 Å². The number of nitrogens with one attached hydrogen (secondary N) is 2. The number of aromatic nitrogens is 1. The lowest BCUT2D eigenvalue weighted by Gasteiger charge is -2.09. The minimum absolute atomic E-state index is 0.0204. The van der Waals surface area contributed by atoms with E-state index in [4.69, 9.17) is 0 Å². The van der Waals surface area contributed by atoms with E-state index in [1.165, 1.54) is 6.92 Å². The summed E-state index contributed by atoms with van der Waals surface area (Å²) in [5.41, 5.74) is 2.57. The Balaban J connectivity index is 2.25. The third-order valence-corrected chi connectivity index (χ3v) is 3.32. The summed E-state index contributed by atoms with van der Waals surface area (Å²) in [5.74, 6) is -0.134. The van der Waals surface area contributed by atoms with Crippen LogP contribution >= 0.6 is 0 Å². The van der Waals surface area contributed by atoms with Crippen LogP contribution in [0.25, 0.3) is 10.9 Å². The summed E-state index contributed by atoms with van der Waals surface area (Å²) in [5, 5.41) is 6.28. The number of carbonyl (C=O) groups excluding carboxylic acids is 2. The summed E-state index contributed by atoms with van der Waals surface area (Å²) in [6.45, 7) is 2.15. The lowest BCUT2D eigenvalue weighted by Crippen LogP contribution is -2.21. The molecule has 110 valence electrons. The molecule has 0 unspecified atom stereocenters. The van der Waals surface area contributed by atoms with E-state index in [1.54, 1.807) is 19.3 Å². The Labute approximate surface area is 123 Å². The van der Waals surface area contributed by atoms with Crippen molar-refractivity contribution in [1.82, 2.24) is 15.6 Å². The third kappa shape index (κ3) is 3.56. The van der Waals surface area contributed by atoms with Crippen LogP contribution in [0.2, 0.25) is 0 Å². The molecule has 5 heteroatoms. The van der Waals surface area contributed by atoms with Crippen molar-refractivity contribution in [2.24, 2.45) is 0 Å². The monoisotopic (exact) mass is 285 g/mol. The predicted molar refractivity (Wildman–Crippen MR) is 82.1 cm³/mol. The number of aryl methyl sites for hydroxylation is 1. The molecule has 1 heterocycles. The highest BCUT2D eigenvalue weighted by molar-refractivity contribution is 6.06. The normalized spacial score (nSPS) is 10.4. The molecule has 0 spiro atoms. The van der Waals surface area contributed by atoms with Gasteiger partial charge in [-0.3, -0.25) is 14.6 Å². The molecule has 0 aliphatic rings. The molecule has 5 nitrogen and oxygen atoms in total. The van der Waals surface area contributed by atoms with Crippen LogP contribution in [-0.2, 0) is 11.2 Å². The molecule has 1 aromatic heterocycles. The lowest BCUT2D eigenvalue weighted by atomic mass is 10.0. The Morgan fingerprint density at radius 3 is 2.76 bits per heavy atom. The average molecular weight is 285 g/mol. The molecule has 2 N–H and O–H groups in total. The second-order valence-electron chi connectivity index (χ2n) is 4.84. The van der Waals surface area contributed by atoms with E-state index in [-0.39, 0.29) is 11.8 Å². The van der Waals surface area contributed by atoms with E-state index in [0.717, 1.165) is 29.3 Å². The number of fused-ring (bicyclic) bond motifs is 1. The van der Waals surface area contributed by atoms with Gasteiger partial charge in [-0.1, -0.05) is 18.2 Å². The van der Waals surface area contributed by atoms with Gasteiger partial charge in [0.2, 0.25) is 5.91 Å². The zero-order chi connectivity index (χ0) is 15.2. The molecule has 0 atom stereocenters. The first-order valence-corrected chi connectivity index (χ1v) is 6.96. The molecule has 0 fully saturated rings. The molecule has 2 rings (SSSR count). The van der Waals surface area contributed by atoms with Gasteiger partial charge in [0.1, 0.15) is 0 Å². The molecule has 0 aliphatic carbocycles. The van der Waals surface area contributed by atoms with Gasteiger partial charge in [0.15, 0.2) is 0 Å². The molecule has 0 radical (unpaired) electrons. The Morgan fingerprint density at radius 1 is 1.24 bits per heavy atom. The predicted octanol–water partition coefficient (Wildman–Crippen LogP) is 1.66. The van der Waals surface area contributed by atoms with Crippen molar-refractivity contribution in [3.05, 3.63) is 41.6 Å². The summed E-state index contributed by atoms with van der Waals surface area (Å²) >= 11 is 0. The fourth-order valence-electron chi connectivity index (χ4n) is 2.31. The Bertz CT molecular complexity index is 668. The van der Waals surface area contributed by atoms with Gasteiger partial charge in [0, 0.05) is 32.1 Å². The van der Waals surface area contributed by atoms with Crippen molar-refractivity contribution in [2.75, 3.05) is 13.6 Å². The van der Waals surface area contributed by atoms with Crippen molar-refractivity contribution in [3.63, 3.8) is 0 Å². The number of para-hydroxylation sites is 1. The highest BCUT2D eigenvalue weighted by atomic mass is 16.2. The average Bonchev–Trinajstić information content (AvgIpc) is 2.50. The van der Waals surface area contributed by atoms with Crippen LogP contribution in [0, 0.1) is 0 Å². The van der Waals surface area contributed by atoms with E-state index in [2.05, 4.69) is 15.6 Å². The standard InChI is InChI=1S/C16H19N3O2/c1-11(20)18-9-4-6-12-5-3-7-13-14(16(21)17-2)8-10-19-15(12)13/h3,5,7-8,10H,4,6,9H2,1-2H3,(H,17,21)(H,18,20). The van der Waals surface area contributed by atoms with E-state index >= 15 is 0 Å². The summed E-state index contributed by atoms with van der Waals surface area (Å²) in [6, 6.07) is 7.58. The quantitative estimate of drug-likeness (QED) is 0.821. The third-order valence-electron chi connectivity index (χ3n) is 3.32. The van der Waals surface area contributed by atoms with Gasteiger partial charge in [-0.15, -0.1) is 0 Å². The minimum atomic E-state index is -0.113. The molecule has 0 aliphatic heterocycles. The molecule has 21 heavy (non-hydrogen) atoms. The number of hydrogen-bond donors (Lipinski definition) is 2. The van der Waals surface area contributed by atoms with Crippen LogP contribution in [0.3, 0.4) is 0 Å². The van der Waals surface area contributed by atoms with E-state index < -0.39 is 0 Å². The highest BCUT2D eigenvalue weighted by Gasteiger charge is 2.10. The lowest BCUT2D eigenvalue weighted by molar-refractivity contribution is -0.118. The number of nitrogens with zero attached hydrogens (tertiary/aromatic N) is 1. The Kier molecular flexibility index (Phi) is 4.87. The largest absolute Gasteiger partial charge is 0.356 e. The SMILES string of the molecule is CNC(=O)c1ccnc2c(CCCNC(C)=O)cccc12. The molecule has 2 amide bonds. The van der Waals surface area contributed by atoms with Gasteiger partial charge in [-0.25, -0.2) is 0 Å². The van der Waals surface area contributed by atoms with Crippen molar-refractivity contribution < 1.29 is 9.59 Å². The molecule has 0 bridgehead atoms. The van der Waals surface area contributed by atoms with Crippen LogP contribution in [0.5, 0.6) is 0 Å². The first kappa shape index (κ1) is 15.0. The summed E-state index contributed by atoms with van der Waals surface area (Å²) < 4.78 is 0. The second kappa shape index (κ2) is 6.83. The molecule has 0 saturated heterocycles. The zero-order valence-corrected chi connectivity index (χ0v) is 12.3. The number of rotatable bonds is 5. The maximum atomic E-state index is 11.9. The smallest absolute Gasteiger partial charge is 0.251 e. The first-order chi connectivity index (χ1) is 10.1. The minimum Gasteiger partial charge on any atom is -0.356 e. The molecular formula is C16H19N3O2. The van der Waals surface area contributed by atoms with Gasteiger partial charge in [0.05, 0.1) is 11.1 Å². The topological polar surface area (TPSA) is 71.1 Å². The molecule has 2 aromatic rings. The fourth-order valence-corrected chi connectivity index (χ4v) is 2.31. The van der Waals surface area contributed by atoms with Gasteiger partial charge >= 0.3 is 0 Å². The second-order valence-corrected chi connectivity index (χ2v) is 4.84. The Hall–Kier alpha value is -2.43. The van der Waals surface area contributed by atoms with E-state index in [9.17, 15) is 9.59 Å². The maximum Gasteiger partial charge on any atom is 0.251 e. The number of benzene rings is 1. The van der Waals surface area contributed by atoms with Crippen LogP contribution in [0.1, 0.15) is 29.3 Å². The van der Waals surface area contributed by atoms with Crippen LogP contribution in [0.15, 0.2) is 30.5 Å². The van der Waals surface area contributed by atoms with Crippen LogP contribution in [-0.4, -0.2) is 30.4 Å². The van der Waals surface area contributed by atoms with Crippen molar-refractivity contribution >= 4 is 22.7 Å². The maximum absolute atomic E-state index is 11.9. The zero-order valence-electron chi connectivity index (χ0n) is 12.3. The van der Waals surface area contributed by atoms with Gasteiger partial charge in [-0.05, 0) is 24.5 Å². The summed E-state index contributed by atoms with van der Waals surface area (Å²) in [7, 11) is 1.62. The van der Waals surface area contributed by atoms with Crippen LogP contribution in [0.4, 0.5) is 0 Å². The van der Waals surface area contributed by atoms with Crippen molar-refractivity contribution in [3.8, 4) is 0 Å². The van der Waals surface area contributed by atoms with E-state index in [1.807, 2.05) is 18.2 Å². The van der Waals surface area contributed by atoms with Crippen molar-refractivity contribution in [2.45, 2.75) is 19.8 Å².